The van der Waals surface area contributed by atoms with E-state index in [0.29, 0.717) is 5.76 Å². The number of nitrogens with zero attached hydrogens (tertiary/aromatic N) is 1. The second-order valence-electron chi connectivity index (χ2n) is 3.00. The minimum absolute atomic E-state index is 0.0905. The quantitative estimate of drug-likeness (QED) is 0.749. The van der Waals surface area contributed by atoms with Crippen LogP contribution in [0.1, 0.15) is 5.76 Å². The molecule has 0 aliphatic rings. The van der Waals surface area contributed by atoms with Gasteiger partial charge in [0.15, 0.2) is 0 Å². The molecule has 0 amide bonds. The predicted molar refractivity (Wildman–Crippen MR) is 56.6 cm³/mol. The first-order chi connectivity index (χ1) is 7.02. The van der Waals surface area contributed by atoms with E-state index >= 15 is 0 Å². The van der Waals surface area contributed by atoms with E-state index in [2.05, 4.69) is 6.58 Å². The van der Waals surface area contributed by atoms with E-state index in [9.17, 15) is 8.42 Å². The summed E-state index contributed by atoms with van der Waals surface area (Å²) >= 11 is 0. The molecule has 1 heterocycles. The van der Waals surface area contributed by atoms with Gasteiger partial charge in [-0.25, -0.2) is 8.42 Å². The van der Waals surface area contributed by atoms with Crippen molar-refractivity contribution in [3.8, 4) is 0 Å². The Morgan fingerprint density at radius 3 is 2.73 bits per heavy atom. The van der Waals surface area contributed by atoms with Crippen LogP contribution in [0.25, 0.3) is 0 Å². The van der Waals surface area contributed by atoms with Crippen molar-refractivity contribution in [2.45, 2.75) is 11.6 Å². The summed E-state index contributed by atoms with van der Waals surface area (Å²) < 4.78 is 29.8. The van der Waals surface area contributed by atoms with Crippen molar-refractivity contribution in [1.82, 2.24) is 4.31 Å². The number of nitrogens with two attached hydrogens (primary N) is 1. The third-order valence-corrected chi connectivity index (χ3v) is 3.59. The fraction of sp³-hybridized carbons (Fsp3) is 0.333. The molecule has 5 nitrogen and oxygen atoms in total. The van der Waals surface area contributed by atoms with Crippen LogP contribution in [0.4, 0.5) is 0 Å². The lowest BCUT2D eigenvalue weighted by Gasteiger charge is -2.12. The highest BCUT2D eigenvalue weighted by Crippen LogP contribution is 2.17. The Morgan fingerprint density at radius 2 is 2.27 bits per heavy atom. The van der Waals surface area contributed by atoms with Gasteiger partial charge >= 0.3 is 0 Å². The van der Waals surface area contributed by atoms with Gasteiger partial charge in [0, 0.05) is 13.6 Å². The van der Waals surface area contributed by atoms with Crippen LogP contribution in [0.5, 0.6) is 0 Å². The molecule has 0 atom stereocenters. The summed E-state index contributed by atoms with van der Waals surface area (Å²) in [6.07, 6.45) is 1.50. The van der Waals surface area contributed by atoms with Gasteiger partial charge in [-0.15, -0.1) is 6.58 Å². The molecular formula is C9H14N2O3S. The normalized spacial score (nSPS) is 11.9. The molecule has 6 heteroatoms. The summed E-state index contributed by atoms with van der Waals surface area (Å²) in [6.45, 7) is 3.89. The zero-order valence-electron chi connectivity index (χ0n) is 8.51. The van der Waals surface area contributed by atoms with E-state index in [-0.39, 0.29) is 18.2 Å². The number of furan rings is 1. The molecule has 1 aromatic heterocycles. The predicted octanol–water partition coefficient (Wildman–Crippen LogP) is 0.545. The summed E-state index contributed by atoms with van der Waals surface area (Å²) in [5.74, 6) is 0.445. The molecule has 0 aromatic carbocycles. The van der Waals surface area contributed by atoms with Crippen molar-refractivity contribution >= 4 is 10.0 Å². The Labute approximate surface area is 89.2 Å². The molecule has 0 bridgehead atoms. The Bertz CT molecular complexity index is 436. The molecule has 0 fully saturated rings. The van der Waals surface area contributed by atoms with Crippen LogP contribution < -0.4 is 5.73 Å². The van der Waals surface area contributed by atoms with Crippen LogP contribution in [0, 0.1) is 0 Å². The summed E-state index contributed by atoms with van der Waals surface area (Å²) in [5.41, 5.74) is 5.32. The lowest BCUT2D eigenvalue weighted by atomic mass is 10.5. The highest BCUT2D eigenvalue weighted by Gasteiger charge is 2.23. The smallest absolute Gasteiger partial charge is 0.276 e. The summed E-state index contributed by atoms with van der Waals surface area (Å²) in [7, 11) is -2.09. The maximum atomic E-state index is 11.8. The average molecular weight is 230 g/mol. The Balaban J connectivity index is 3.00. The van der Waals surface area contributed by atoms with E-state index in [1.807, 2.05) is 0 Å². The summed E-state index contributed by atoms with van der Waals surface area (Å²) in [5, 5.41) is -0.0905. The van der Waals surface area contributed by atoms with Crippen LogP contribution in [0.3, 0.4) is 0 Å². The second kappa shape index (κ2) is 4.61. The number of hydrogen-bond acceptors (Lipinski definition) is 4. The van der Waals surface area contributed by atoms with Crippen molar-refractivity contribution < 1.29 is 12.8 Å². The van der Waals surface area contributed by atoms with Crippen molar-refractivity contribution in [3.63, 3.8) is 0 Å². The number of likely N-dealkylation sites (N-methyl/N-ethyl adjacent to an activating group) is 1. The highest BCUT2D eigenvalue weighted by molar-refractivity contribution is 7.89. The van der Waals surface area contributed by atoms with Gasteiger partial charge in [0.25, 0.3) is 10.0 Å². The van der Waals surface area contributed by atoms with Crippen LogP contribution in [0.15, 0.2) is 34.3 Å². The molecule has 0 saturated carbocycles. The zero-order chi connectivity index (χ0) is 11.5. The van der Waals surface area contributed by atoms with E-state index in [1.54, 1.807) is 6.07 Å². The monoisotopic (exact) mass is 230 g/mol. The minimum atomic E-state index is -3.55. The molecular weight excluding hydrogens is 216 g/mol. The third kappa shape index (κ3) is 2.47. The van der Waals surface area contributed by atoms with Crippen LogP contribution in [-0.4, -0.2) is 26.3 Å². The number of sulfonamides is 1. The van der Waals surface area contributed by atoms with Gasteiger partial charge in [-0.1, -0.05) is 6.08 Å². The van der Waals surface area contributed by atoms with E-state index in [0.717, 1.165) is 4.31 Å². The number of rotatable bonds is 5. The molecule has 1 rings (SSSR count). The molecule has 84 valence electrons. The fourth-order valence-electron chi connectivity index (χ4n) is 1.04. The van der Waals surface area contributed by atoms with Crippen molar-refractivity contribution in [1.29, 1.82) is 0 Å². The fourth-order valence-corrected chi connectivity index (χ4v) is 2.10. The third-order valence-electron chi connectivity index (χ3n) is 1.89. The van der Waals surface area contributed by atoms with E-state index in [1.165, 1.54) is 19.2 Å². The van der Waals surface area contributed by atoms with E-state index in [4.69, 9.17) is 10.2 Å². The average Bonchev–Trinajstić information content (AvgIpc) is 2.66. The first-order valence-corrected chi connectivity index (χ1v) is 5.82. The first kappa shape index (κ1) is 12.0. The molecule has 0 unspecified atom stereocenters. The Hall–Kier alpha value is -1.11. The number of hydrogen-bond donors (Lipinski definition) is 1. The van der Waals surface area contributed by atoms with Crippen LogP contribution >= 0.6 is 0 Å². The first-order valence-electron chi connectivity index (χ1n) is 4.38. The van der Waals surface area contributed by atoms with Crippen LogP contribution in [0.2, 0.25) is 0 Å². The van der Waals surface area contributed by atoms with Gasteiger partial charge in [0.2, 0.25) is 5.09 Å². The molecule has 0 saturated heterocycles. The topological polar surface area (TPSA) is 76.5 Å². The van der Waals surface area contributed by atoms with Gasteiger partial charge < -0.3 is 10.2 Å². The van der Waals surface area contributed by atoms with Crippen molar-refractivity contribution in [2.75, 3.05) is 13.6 Å². The molecule has 1 aromatic rings. The maximum absolute atomic E-state index is 11.8. The van der Waals surface area contributed by atoms with Gasteiger partial charge in [0.05, 0.1) is 6.54 Å². The Morgan fingerprint density at radius 1 is 1.60 bits per heavy atom. The van der Waals surface area contributed by atoms with Crippen molar-refractivity contribution in [3.05, 3.63) is 30.5 Å². The molecule has 15 heavy (non-hydrogen) atoms. The molecule has 0 spiro atoms. The molecule has 0 aliphatic heterocycles. The SMILES string of the molecule is C=CCN(C)S(=O)(=O)c1ccc(CN)o1. The molecule has 0 radical (unpaired) electrons. The highest BCUT2D eigenvalue weighted by atomic mass is 32.2. The summed E-state index contributed by atoms with van der Waals surface area (Å²) in [4.78, 5) is 0. The van der Waals surface area contributed by atoms with Crippen molar-refractivity contribution in [2.24, 2.45) is 5.73 Å². The van der Waals surface area contributed by atoms with Gasteiger partial charge in [-0.3, -0.25) is 0 Å². The zero-order valence-corrected chi connectivity index (χ0v) is 9.33. The van der Waals surface area contributed by atoms with Crippen LogP contribution in [-0.2, 0) is 16.6 Å². The lowest BCUT2D eigenvalue weighted by Crippen LogP contribution is -2.26. The largest absolute Gasteiger partial charge is 0.447 e. The summed E-state index contributed by atoms with van der Waals surface area (Å²) in [6, 6.07) is 2.95. The van der Waals surface area contributed by atoms with Gasteiger partial charge in [-0.05, 0) is 12.1 Å². The second-order valence-corrected chi connectivity index (χ2v) is 4.97. The maximum Gasteiger partial charge on any atom is 0.276 e. The minimum Gasteiger partial charge on any atom is -0.447 e. The van der Waals surface area contributed by atoms with Gasteiger partial charge in [0.1, 0.15) is 5.76 Å². The van der Waals surface area contributed by atoms with E-state index < -0.39 is 10.0 Å². The standard InChI is InChI=1S/C9H14N2O3S/c1-3-6-11(2)15(12,13)9-5-4-8(7-10)14-9/h3-5H,1,6-7,10H2,2H3. The molecule has 2 N–H and O–H groups in total. The Kier molecular flexibility index (Phi) is 3.67. The lowest BCUT2D eigenvalue weighted by molar-refractivity contribution is 0.395. The van der Waals surface area contributed by atoms with Gasteiger partial charge in [-0.2, -0.15) is 4.31 Å². The molecule has 0 aliphatic carbocycles.